The van der Waals surface area contributed by atoms with Gasteiger partial charge in [0.05, 0.1) is 19.3 Å². The van der Waals surface area contributed by atoms with Crippen molar-refractivity contribution in [2.75, 3.05) is 39.9 Å². The second-order valence-corrected chi connectivity index (χ2v) is 6.40. The number of ether oxygens (including phenoxy) is 1. The standard InChI is InChI=1S/C14H25N3O4/c1-10-7-16(3)5-4-6-17(10)13(20)15-11-8-21-9-14(11,2)12(18)19/h10-11H,4-9H2,1-3H3,(H,15,20)(H,18,19). The summed E-state index contributed by atoms with van der Waals surface area (Å²) < 4.78 is 5.27. The Morgan fingerprint density at radius 1 is 1.38 bits per heavy atom. The molecule has 0 spiro atoms. The lowest BCUT2D eigenvalue weighted by atomic mass is 9.85. The first kappa shape index (κ1) is 16.0. The van der Waals surface area contributed by atoms with Crippen LogP contribution in [0.3, 0.4) is 0 Å². The van der Waals surface area contributed by atoms with E-state index in [0.29, 0.717) is 6.54 Å². The molecule has 2 amide bonds. The number of hydrogen-bond donors (Lipinski definition) is 2. The molecule has 0 aromatic rings. The van der Waals surface area contributed by atoms with Crippen LogP contribution in [0.1, 0.15) is 20.3 Å². The van der Waals surface area contributed by atoms with Gasteiger partial charge in [-0.25, -0.2) is 4.79 Å². The number of aliphatic carboxylic acids is 1. The SMILES string of the molecule is CC1CN(C)CCCN1C(=O)NC1COCC1(C)C(=O)O. The largest absolute Gasteiger partial charge is 0.481 e. The predicted octanol–water partition coefficient (Wildman–Crippen LogP) is 0.212. The first-order valence-electron chi connectivity index (χ1n) is 7.41. The predicted molar refractivity (Wildman–Crippen MR) is 77.2 cm³/mol. The average Bonchev–Trinajstić information content (AvgIpc) is 2.67. The van der Waals surface area contributed by atoms with Crippen LogP contribution in [0.5, 0.6) is 0 Å². The first-order chi connectivity index (χ1) is 9.84. The van der Waals surface area contributed by atoms with Crippen molar-refractivity contribution in [2.45, 2.75) is 32.4 Å². The van der Waals surface area contributed by atoms with Crippen LogP contribution in [-0.2, 0) is 9.53 Å². The Morgan fingerprint density at radius 2 is 2.10 bits per heavy atom. The first-order valence-corrected chi connectivity index (χ1v) is 7.41. The number of urea groups is 1. The Kier molecular flexibility index (Phi) is 4.73. The average molecular weight is 299 g/mol. The maximum Gasteiger partial charge on any atom is 0.318 e. The number of hydrogen-bond acceptors (Lipinski definition) is 4. The highest BCUT2D eigenvalue weighted by molar-refractivity contribution is 5.79. The normalized spacial score (nSPS) is 34.5. The zero-order valence-electron chi connectivity index (χ0n) is 13.0. The fourth-order valence-electron chi connectivity index (χ4n) is 2.99. The highest BCUT2D eigenvalue weighted by Gasteiger charge is 2.47. The van der Waals surface area contributed by atoms with Crippen LogP contribution in [0.4, 0.5) is 4.79 Å². The molecule has 2 N–H and O–H groups in total. The summed E-state index contributed by atoms with van der Waals surface area (Å²) in [5.74, 6) is -0.936. The van der Waals surface area contributed by atoms with E-state index in [1.807, 2.05) is 14.0 Å². The van der Waals surface area contributed by atoms with Crippen LogP contribution in [0.2, 0.25) is 0 Å². The van der Waals surface area contributed by atoms with Gasteiger partial charge in [0.25, 0.3) is 0 Å². The van der Waals surface area contributed by atoms with Crippen LogP contribution < -0.4 is 5.32 Å². The van der Waals surface area contributed by atoms with Gasteiger partial charge in [-0.15, -0.1) is 0 Å². The van der Waals surface area contributed by atoms with Crippen molar-refractivity contribution >= 4 is 12.0 Å². The molecule has 0 aromatic carbocycles. The molecule has 2 aliphatic heterocycles. The summed E-state index contributed by atoms with van der Waals surface area (Å²) in [6.07, 6.45) is 0.922. The van der Waals surface area contributed by atoms with Gasteiger partial charge in [-0.2, -0.15) is 0 Å². The number of carbonyl (C=O) groups is 2. The number of rotatable bonds is 2. The molecule has 0 aromatic heterocycles. The monoisotopic (exact) mass is 299 g/mol. The third kappa shape index (κ3) is 3.29. The fourth-order valence-corrected chi connectivity index (χ4v) is 2.99. The van der Waals surface area contributed by atoms with Crippen molar-refractivity contribution in [2.24, 2.45) is 5.41 Å². The second-order valence-electron chi connectivity index (χ2n) is 6.40. The lowest BCUT2D eigenvalue weighted by Crippen LogP contribution is -2.55. The van der Waals surface area contributed by atoms with Crippen molar-refractivity contribution < 1.29 is 19.4 Å². The van der Waals surface area contributed by atoms with E-state index < -0.39 is 17.4 Å². The smallest absolute Gasteiger partial charge is 0.318 e. The van der Waals surface area contributed by atoms with Gasteiger partial charge in [-0.1, -0.05) is 0 Å². The molecule has 2 saturated heterocycles. The topological polar surface area (TPSA) is 82.1 Å². The second kappa shape index (κ2) is 6.19. The van der Waals surface area contributed by atoms with Crippen molar-refractivity contribution in [3.05, 3.63) is 0 Å². The van der Waals surface area contributed by atoms with Crippen molar-refractivity contribution in [3.8, 4) is 0 Å². The van der Waals surface area contributed by atoms with E-state index in [9.17, 15) is 14.7 Å². The van der Waals surface area contributed by atoms with Crippen LogP contribution in [-0.4, -0.2) is 78.9 Å². The highest BCUT2D eigenvalue weighted by Crippen LogP contribution is 2.29. The molecule has 120 valence electrons. The van der Waals surface area contributed by atoms with E-state index in [0.717, 1.165) is 19.5 Å². The van der Waals surface area contributed by atoms with Crippen LogP contribution in [0.25, 0.3) is 0 Å². The number of likely N-dealkylation sites (N-methyl/N-ethyl adjacent to an activating group) is 1. The Labute approximate surface area is 125 Å². The maximum absolute atomic E-state index is 12.5. The molecule has 0 radical (unpaired) electrons. The minimum Gasteiger partial charge on any atom is -0.481 e. The summed E-state index contributed by atoms with van der Waals surface area (Å²) in [6, 6.07) is -0.577. The summed E-state index contributed by atoms with van der Waals surface area (Å²) >= 11 is 0. The molecule has 7 heteroatoms. The Hall–Kier alpha value is -1.34. The van der Waals surface area contributed by atoms with Gasteiger partial charge in [0.15, 0.2) is 0 Å². The molecule has 21 heavy (non-hydrogen) atoms. The van der Waals surface area contributed by atoms with E-state index >= 15 is 0 Å². The zero-order valence-corrected chi connectivity index (χ0v) is 13.0. The lowest BCUT2D eigenvalue weighted by molar-refractivity contribution is -0.148. The Bertz CT molecular complexity index is 417. The van der Waals surface area contributed by atoms with Gasteiger partial charge >= 0.3 is 12.0 Å². The molecule has 0 saturated carbocycles. The number of nitrogens with zero attached hydrogens (tertiary/aromatic N) is 2. The molecule has 0 bridgehead atoms. The lowest BCUT2D eigenvalue weighted by Gasteiger charge is -2.32. The number of amides is 2. The molecule has 7 nitrogen and oxygen atoms in total. The van der Waals surface area contributed by atoms with Gasteiger partial charge in [0.1, 0.15) is 5.41 Å². The van der Waals surface area contributed by atoms with Crippen molar-refractivity contribution in [3.63, 3.8) is 0 Å². The minimum absolute atomic E-state index is 0.107. The quantitative estimate of drug-likeness (QED) is 0.762. The number of nitrogens with one attached hydrogen (secondary N) is 1. The van der Waals surface area contributed by atoms with Crippen LogP contribution in [0, 0.1) is 5.41 Å². The van der Waals surface area contributed by atoms with Gasteiger partial charge < -0.3 is 25.0 Å². The maximum atomic E-state index is 12.5. The van der Waals surface area contributed by atoms with Crippen LogP contribution >= 0.6 is 0 Å². The highest BCUT2D eigenvalue weighted by atomic mass is 16.5. The third-order valence-corrected chi connectivity index (χ3v) is 4.55. The zero-order chi connectivity index (χ0) is 15.6. The summed E-state index contributed by atoms with van der Waals surface area (Å²) in [5, 5.41) is 12.2. The number of carbonyl (C=O) groups excluding carboxylic acids is 1. The number of carboxylic acid groups (broad SMARTS) is 1. The van der Waals surface area contributed by atoms with E-state index in [2.05, 4.69) is 10.2 Å². The molecule has 3 unspecified atom stereocenters. The molecule has 2 fully saturated rings. The van der Waals surface area contributed by atoms with E-state index in [4.69, 9.17) is 4.74 Å². The molecular formula is C14H25N3O4. The van der Waals surface area contributed by atoms with E-state index in [-0.39, 0.29) is 25.3 Å². The number of carboxylic acids is 1. The molecule has 2 rings (SSSR count). The molecular weight excluding hydrogens is 274 g/mol. The van der Waals surface area contributed by atoms with Gasteiger partial charge in [0, 0.05) is 19.1 Å². The molecule has 2 heterocycles. The van der Waals surface area contributed by atoms with Gasteiger partial charge in [-0.3, -0.25) is 4.79 Å². The summed E-state index contributed by atoms with van der Waals surface area (Å²) in [5.41, 5.74) is -1.05. The summed E-state index contributed by atoms with van der Waals surface area (Å²) in [4.78, 5) is 27.9. The Morgan fingerprint density at radius 3 is 2.76 bits per heavy atom. The van der Waals surface area contributed by atoms with Crippen LogP contribution in [0.15, 0.2) is 0 Å². The van der Waals surface area contributed by atoms with Crippen molar-refractivity contribution in [1.29, 1.82) is 0 Å². The van der Waals surface area contributed by atoms with E-state index in [1.54, 1.807) is 11.8 Å². The van der Waals surface area contributed by atoms with Gasteiger partial charge in [-0.05, 0) is 33.9 Å². The molecule has 3 atom stereocenters. The summed E-state index contributed by atoms with van der Waals surface area (Å²) in [6.45, 7) is 6.49. The molecule has 0 aliphatic carbocycles. The van der Waals surface area contributed by atoms with Crippen molar-refractivity contribution in [1.82, 2.24) is 15.1 Å². The summed E-state index contributed by atoms with van der Waals surface area (Å²) in [7, 11) is 2.05. The third-order valence-electron chi connectivity index (χ3n) is 4.55. The fraction of sp³-hybridized carbons (Fsp3) is 0.857. The minimum atomic E-state index is -1.05. The molecule has 2 aliphatic rings. The van der Waals surface area contributed by atoms with Gasteiger partial charge in [0.2, 0.25) is 0 Å². The Balaban J connectivity index is 2.02. The van der Waals surface area contributed by atoms with E-state index in [1.165, 1.54) is 0 Å².